The van der Waals surface area contributed by atoms with Crippen molar-refractivity contribution < 1.29 is 4.79 Å². The number of carbonyl (C=O) groups excluding carboxylic acids is 1. The van der Waals surface area contributed by atoms with Gasteiger partial charge in [-0.1, -0.05) is 13.0 Å². The van der Waals surface area contributed by atoms with Crippen LogP contribution in [-0.4, -0.2) is 12.5 Å². The summed E-state index contributed by atoms with van der Waals surface area (Å²) in [4.78, 5) is 10.6. The topological polar surface area (TPSA) is 29.1 Å². The molecular formula is C10H15NO. The van der Waals surface area contributed by atoms with Crippen LogP contribution < -0.4 is 5.32 Å². The molecule has 2 nitrogen and oxygen atoms in total. The Hall–Kier alpha value is -1.23. The Kier molecular flexibility index (Phi) is 7.07. The van der Waals surface area contributed by atoms with Crippen LogP contribution in [0.4, 0.5) is 0 Å². The van der Waals surface area contributed by atoms with Gasteiger partial charge in [0.25, 0.3) is 0 Å². The maximum atomic E-state index is 10.6. The fraction of sp³-hybridized carbons (Fsp3) is 0.500. The summed E-state index contributed by atoms with van der Waals surface area (Å²) >= 11 is 0. The molecule has 0 heterocycles. The number of carbonyl (C=O) groups is 1. The molecule has 0 aromatic heterocycles. The van der Waals surface area contributed by atoms with E-state index >= 15 is 0 Å². The highest BCUT2D eigenvalue weighted by atomic mass is 16.1. The zero-order valence-electron chi connectivity index (χ0n) is 7.31. The molecule has 0 saturated heterocycles. The second kappa shape index (κ2) is 7.87. The highest BCUT2D eigenvalue weighted by Crippen LogP contribution is 1.96. The van der Waals surface area contributed by atoms with Gasteiger partial charge in [-0.3, -0.25) is 4.79 Å². The van der Waals surface area contributed by atoms with E-state index < -0.39 is 0 Å². The molecule has 0 aliphatic heterocycles. The number of rotatable bonds is 6. The van der Waals surface area contributed by atoms with E-state index in [9.17, 15) is 4.79 Å². The summed E-state index contributed by atoms with van der Waals surface area (Å²) in [6.45, 7) is 4.07. The minimum atomic E-state index is -0.105. The first-order valence-electron chi connectivity index (χ1n) is 4.15. The van der Waals surface area contributed by atoms with E-state index in [0.717, 1.165) is 32.2 Å². The summed E-state index contributed by atoms with van der Waals surface area (Å²) in [5.41, 5.74) is 0. The van der Waals surface area contributed by atoms with E-state index in [2.05, 4.69) is 17.8 Å². The number of unbranched alkanes of at least 4 members (excludes halogenated alkanes) is 3. The molecule has 66 valence electrons. The van der Waals surface area contributed by atoms with Gasteiger partial charge in [-0.25, -0.2) is 0 Å². The molecule has 0 unspecified atom stereocenters. The molecule has 0 aromatic rings. The van der Waals surface area contributed by atoms with Gasteiger partial charge >= 0.3 is 0 Å². The quantitative estimate of drug-likeness (QED) is 0.360. The molecule has 0 aromatic carbocycles. The Labute approximate surface area is 74.0 Å². The van der Waals surface area contributed by atoms with E-state index in [1.54, 1.807) is 0 Å². The minimum Gasteiger partial charge on any atom is -0.353 e. The number of nitrogens with one attached hydrogen (secondary N) is 1. The molecule has 1 N–H and O–H groups in total. The Morgan fingerprint density at radius 1 is 1.50 bits per heavy atom. The van der Waals surface area contributed by atoms with Gasteiger partial charge in [-0.15, -0.1) is 12.3 Å². The summed E-state index contributed by atoms with van der Waals surface area (Å²) in [7, 11) is 0. The van der Waals surface area contributed by atoms with Crippen molar-refractivity contribution in [3.05, 3.63) is 12.7 Å². The first-order chi connectivity index (χ1) is 5.81. The highest BCUT2D eigenvalue weighted by molar-refractivity contribution is 5.86. The Morgan fingerprint density at radius 2 is 2.25 bits per heavy atom. The first-order valence-corrected chi connectivity index (χ1v) is 4.15. The van der Waals surface area contributed by atoms with Gasteiger partial charge in [0.1, 0.15) is 0 Å². The predicted octanol–water partition coefficient (Wildman–Crippen LogP) is 1.48. The molecule has 0 fully saturated rings. The Morgan fingerprint density at radius 3 is 2.83 bits per heavy atom. The van der Waals surface area contributed by atoms with Crippen LogP contribution in [0.1, 0.15) is 25.7 Å². The third-order valence-corrected chi connectivity index (χ3v) is 1.48. The van der Waals surface area contributed by atoms with Gasteiger partial charge in [0.2, 0.25) is 5.91 Å². The van der Waals surface area contributed by atoms with Gasteiger partial charge in [-0.05, 0) is 18.9 Å². The smallest absolute Gasteiger partial charge is 0.243 e. The van der Waals surface area contributed by atoms with Crippen LogP contribution >= 0.6 is 0 Å². The van der Waals surface area contributed by atoms with Gasteiger partial charge in [0.05, 0.1) is 0 Å². The molecule has 0 aliphatic rings. The molecule has 0 bridgehead atoms. The van der Waals surface area contributed by atoms with Crippen molar-refractivity contribution in [1.82, 2.24) is 5.32 Å². The molecule has 0 rings (SSSR count). The molecule has 0 spiro atoms. The number of terminal acetylenes is 1. The maximum absolute atomic E-state index is 10.6. The van der Waals surface area contributed by atoms with E-state index in [1.165, 1.54) is 6.08 Å². The molecule has 0 atom stereocenters. The SMILES string of the molecule is C#CCCCCCNC(=O)C=C. The van der Waals surface area contributed by atoms with Crippen molar-refractivity contribution in [3.63, 3.8) is 0 Å². The molecule has 1 amide bonds. The van der Waals surface area contributed by atoms with Crippen LogP contribution in [0.15, 0.2) is 12.7 Å². The van der Waals surface area contributed by atoms with Crippen LogP contribution in [0.25, 0.3) is 0 Å². The highest BCUT2D eigenvalue weighted by Gasteiger charge is 1.91. The largest absolute Gasteiger partial charge is 0.353 e. The van der Waals surface area contributed by atoms with Crippen molar-refractivity contribution >= 4 is 5.91 Å². The molecule has 2 heteroatoms. The van der Waals surface area contributed by atoms with Crippen molar-refractivity contribution in [2.24, 2.45) is 0 Å². The Balaban J connectivity index is 3.06. The fourth-order valence-corrected chi connectivity index (χ4v) is 0.813. The van der Waals surface area contributed by atoms with Crippen molar-refractivity contribution in [3.8, 4) is 12.3 Å². The summed E-state index contributed by atoms with van der Waals surface area (Å²) in [5.74, 6) is 2.47. The van der Waals surface area contributed by atoms with Crippen LogP contribution in [0.5, 0.6) is 0 Å². The van der Waals surface area contributed by atoms with E-state index in [-0.39, 0.29) is 5.91 Å². The fourth-order valence-electron chi connectivity index (χ4n) is 0.813. The van der Waals surface area contributed by atoms with Gasteiger partial charge in [-0.2, -0.15) is 0 Å². The summed E-state index contributed by atoms with van der Waals surface area (Å²) < 4.78 is 0. The van der Waals surface area contributed by atoms with Crippen LogP contribution in [-0.2, 0) is 4.79 Å². The molecule has 0 saturated carbocycles. The lowest BCUT2D eigenvalue weighted by atomic mass is 10.2. The zero-order valence-corrected chi connectivity index (χ0v) is 7.31. The summed E-state index contributed by atoms with van der Waals surface area (Å²) in [5, 5.41) is 2.70. The molecule has 12 heavy (non-hydrogen) atoms. The van der Waals surface area contributed by atoms with Crippen LogP contribution in [0.3, 0.4) is 0 Å². The monoisotopic (exact) mass is 165 g/mol. The second-order valence-electron chi connectivity index (χ2n) is 2.51. The van der Waals surface area contributed by atoms with Crippen LogP contribution in [0.2, 0.25) is 0 Å². The standard InChI is InChI=1S/C10H15NO/c1-3-5-6-7-8-9-11-10(12)4-2/h1,4H,2,5-9H2,(H,11,12). The van der Waals surface area contributed by atoms with Crippen LogP contribution in [0, 0.1) is 12.3 Å². The van der Waals surface area contributed by atoms with Gasteiger partial charge < -0.3 is 5.32 Å². The van der Waals surface area contributed by atoms with Gasteiger partial charge in [0.15, 0.2) is 0 Å². The Bertz CT molecular complexity index is 179. The number of hydrogen-bond acceptors (Lipinski definition) is 1. The van der Waals surface area contributed by atoms with Gasteiger partial charge in [0, 0.05) is 13.0 Å². The summed E-state index contributed by atoms with van der Waals surface area (Å²) in [6, 6.07) is 0. The lowest BCUT2D eigenvalue weighted by molar-refractivity contribution is -0.116. The third-order valence-electron chi connectivity index (χ3n) is 1.48. The van der Waals surface area contributed by atoms with E-state index in [4.69, 9.17) is 6.42 Å². The third kappa shape index (κ3) is 6.88. The first kappa shape index (κ1) is 10.8. The average molecular weight is 165 g/mol. The minimum absolute atomic E-state index is 0.105. The lowest BCUT2D eigenvalue weighted by Gasteiger charge is -2.00. The van der Waals surface area contributed by atoms with E-state index in [0.29, 0.717) is 0 Å². The molecular weight excluding hydrogens is 150 g/mol. The summed E-state index contributed by atoms with van der Waals surface area (Å²) in [6.07, 6.45) is 10.3. The number of hydrogen-bond donors (Lipinski definition) is 1. The molecule has 0 radical (unpaired) electrons. The second-order valence-corrected chi connectivity index (χ2v) is 2.51. The van der Waals surface area contributed by atoms with Crippen molar-refractivity contribution in [2.45, 2.75) is 25.7 Å². The normalized spacial score (nSPS) is 8.58. The van der Waals surface area contributed by atoms with E-state index in [1.807, 2.05) is 0 Å². The zero-order chi connectivity index (χ0) is 9.23. The van der Waals surface area contributed by atoms with Crippen molar-refractivity contribution in [2.75, 3.05) is 6.54 Å². The number of amides is 1. The van der Waals surface area contributed by atoms with Crippen molar-refractivity contribution in [1.29, 1.82) is 0 Å². The predicted molar refractivity (Wildman–Crippen MR) is 50.5 cm³/mol. The lowest BCUT2D eigenvalue weighted by Crippen LogP contribution is -2.21. The maximum Gasteiger partial charge on any atom is 0.243 e. The molecule has 0 aliphatic carbocycles. The average Bonchev–Trinajstić information content (AvgIpc) is 2.10.